The second kappa shape index (κ2) is 6.40. The highest BCUT2D eigenvalue weighted by Crippen LogP contribution is 2.48. The first-order valence-electron chi connectivity index (χ1n) is 8.02. The lowest BCUT2D eigenvalue weighted by atomic mass is 9.81. The SMILES string of the molecule is O=C(NCCc1ccc(Cl)cc1)N1C[C@@H]2CCC[C@@]2(C(=O)O)C1. The van der Waals surface area contributed by atoms with Gasteiger partial charge in [0, 0.05) is 24.7 Å². The Kier molecular flexibility index (Phi) is 4.48. The van der Waals surface area contributed by atoms with E-state index in [0.717, 1.165) is 24.8 Å². The molecule has 1 aromatic carbocycles. The van der Waals surface area contributed by atoms with Crippen molar-refractivity contribution in [2.75, 3.05) is 19.6 Å². The van der Waals surface area contributed by atoms with E-state index < -0.39 is 11.4 Å². The third-order valence-electron chi connectivity index (χ3n) is 5.19. The van der Waals surface area contributed by atoms with E-state index in [9.17, 15) is 14.7 Å². The summed E-state index contributed by atoms with van der Waals surface area (Å²) < 4.78 is 0. The van der Waals surface area contributed by atoms with Crippen LogP contribution in [0.15, 0.2) is 24.3 Å². The van der Waals surface area contributed by atoms with E-state index in [1.54, 1.807) is 4.90 Å². The molecule has 1 saturated carbocycles. The quantitative estimate of drug-likeness (QED) is 0.888. The Morgan fingerprint density at radius 2 is 2.09 bits per heavy atom. The number of fused-ring (bicyclic) bond motifs is 1. The first-order chi connectivity index (χ1) is 11.0. The molecular weight excluding hydrogens is 316 g/mol. The molecule has 6 heteroatoms. The maximum Gasteiger partial charge on any atom is 0.317 e. The molecule has 3 rings (SSSR count). The molecule has 0 radical (unpaired) electrons. The van der Waals surface area contributed by atoms with E-state index in [2.05, 4.69) is 5.32 Å². The Bertz CT molecular complexity index is 604. The number of nitrogens with zero attached hydrogens (tertiary/aromatic N) is 1. The third kappa shape index (κ3) is 3.15. The van der Waals surface area contributed by atoms with Gasteiger partial charge in [0.2, 0.25) is 0 Å². The summed E-state index contributed by atoms with van der Waals surface area (Å²) in [6.45, 7) is 1.42. The summed E-state index contributed by atoms with van der Waals surface area (Å²) in [5, 5.41) is 13.1. The van der Waals surface area contributed by atoms with Gasteiger partial charge < -0.3 is 15.3 Å². The molecule has 0 aromatic heterocycles. The number of carbonyl (C=O) groups is 2. The van der Waals surface area contributed by atoms with Gasteiger partial charge in [-0.3, -0.25) is 4.79 Å². The fourth-order valence-corrected chi connectivity index (χ4v) is 4.00. The minimum Gasteiger partial charge on any atom is -0.481 e. The minimum atomic E-state index is -0.753. The summed E-state index contributed by atoms with van der Waals surface area (Å²) >= 11 is 5.84. The second-order valence-corrected chi connectivity index (χ2v) is 6.98. The van der Waals surface area contributed by atoms with Gasteiger partial charge in [-0.1, -0.05) is 30.2 Å². The molecule has 1 saturated heterocycles. The van der Waals surface area contributed by atoms with Crippen LogP contribution in [0.1, 0.15) is 24.8 Å². The first kappa shape index (κ1) is 16.1. The van der Waals surface area contributed by atoms with Gasteiger partial charge in [0.1, 0.15) is 0 Å². The normalized spacial score (nSPS) is 26.1. The van der Waals surface area contributed by atoms with Crippen molar-refractivity contribution < 1.29 is 14.7 Å². The van der Waals surface area contributed by atoms with E-state index in [-0.39, 0.29) is 11.9 Å². The molecule has 2 atom stereocenters. The second-order valence-electron chi connectivity index (χ2n) is 6.54. The van der Waals surface area contributed by atoms with Gasteiger partial charge in [-0.05, 0) is 42.9 Å². The minimum absolute atomic E-state index is 0.0991. The molecule has 2 aliphatic rings. The number of benzene rings is 1. The molecule has 0 spiro atoms. The molecule has 1 aliphatic heterocycles. The Morgan fingerprint density at radius 3 is 2.74 bits per heavy atom. The largest absolute Gasteiger partial charge is 0.481 e. The fourth-order valence-electron chi connectivity index (χ4n) is 3.87. The Hall–Kier alpha value is -1.75. The van der Waals surface area contributed by atoms with Gasteiger partial charge >= 0.3 is 12.0 Å². The molecule has 1 aromatic rings. The number of carboxylic acid groups (broad SMARTS) is 1. The zero-order valence-electron chi connectivity index (χ0n) is 12.9. The summed E-state index contributed by atoms with van der Waals surface area (Å²) in [6, 6.07) is 7.38. The van der Waals surface area contributed by atoms with Crippen LogP contribution in [-0.2, 0) is 11.2 Å². The van der Waals surface area contributed by atoms with Crippen LogP contribution in [0.25, 0.3) is 0 Å². The predicted octanol–water partition coefficient (Wildman–Crippen LogP) is 2.78. The molecule has 1 aliphatic carbocycles. The van der Waals surface area contributed by atoms with Crippen LogP contribution in [-0.4, -0.2) is 41.6 Å². The number of aliphatic carboxylic acids is 1. The third-order valence-corrected chi connectivity index (χ3v) is 5.44. The topological polar surface area (TPSA) is 69.6 Å². The zero-order valence-corrected chi connectivity index (χ0v) is 13.7. The Balaban J connectivity index is 1.51. The molecule has 5 nitrogen and oxygen atoms in total. The number of urea groups is 1. The lowest BCUT2D eigenvalue weighted by Crippen LogP contribution is -2.42. The summed E-state index contributed by atoms with van der Waals surface area (Å²) in [4.78, 5) is 25.6. The number of carbonyl (C=O) groups excluding carboxylic acids is 1. The number of amides is 2. The van der Waals surface area contributed by atoms with Crippen molar-refractivity contribution >= 4 is 23.6 Å². The average molecular weight is 337 g/mol. The number of rotatable bonds is 4. The van der Waals surface area contributed by atoms with Crippen molar-refractivity contribution in [3.8, 4) is 0 Å². The standard InChI is InChI=1S/C17H21ClN2O3/c18-14-5-3-12(4-6-14)7-9-19-16(23)20-10-13-2-1-8-17(13,11-20)15(21)22/h3-6,13H,1-2,7-11H2,(H,19,23)(H,21,22)/t13-,17+/m0/s1. The van der Waals surface area contributed by atoms with E-state index >= 15 is 0 Å². The van der Waals surface area contributed by atoms with E-state index in [4.69, 9.17) is 11.6 Å². The summed E-state index contributed by atoms with van der Waals surface area (Å²) in [6.07, 6.45) is 3.26. The summed E-state index contributed by atoms with van der Waals surface area (Å²) in [7, 11) is 0. The lowest BCUT2D eigenvalue weighted by Gasteiger charge is -2.23. The Morgan fingerprint density at radius 1 is 1.35 bits per heavy atom. The van der Waals surface area contributed by atoms with Crippen LogP contribution < -0.4 is 5.32 Å². The van der Waals surface area contributed by atoms with Crippen LogP contribution in [0.3, 0.4) is 0 Å². The fraction of sp³-hybridized carbons (Fsp3) is 0.529. The monoisotopic (exact) mass is 336 g/mol. The van der Waals surface area contributed by atoms with Gasteiger partial charge in [-0.25, -0.2) is 4.79 Å². The van der Waals surface area contributed by atoms with Gasteiger partial charge in [0.05, 0.1) is 5.41 Å². The van der Waals surface area contributed by atoms with E-state index in [1.807, 2.05) is 24.3 Å². The maximum atomic E-state index is 12.3. The molecule has 124 valence electrons. The van der Waals surface area contributed by atoms with Crippen molar-refractivity contribution in [1.29, 1.82) is 0 Å². The number of hydrogen-bond donors (Lipinski definition) is 2. The van der Waals surface area contributed by atoms with Crippen LogP contribution >= 0.6 is 11.6 Å². The van der Waals surface area contributed by atoms with Gasteiger partial charge in [-0.2, -0.15) is 0 Å². The van der Waals surface area contributed by atoms with Crippen molar-refractivity contribution in [1.82, 2.24) is 10.2 Å². The zero-order chi connectivity index (χ0) is 16.4. The van der Waals surface area contributed by atoms with Crippen LogP contribution in [0.5, 0.6) is 0 Å². The molecule has 0 unspecified atom stereocenters. The molecular formula is C17H21ClN2O3. The van der Waals surface area contributed by atoms with E-state index in [0.29, 0.717) is 31.1 Å². The van der Waals surface area contributed by atoms with Crippen molar-refractivity contribution in [3.05, 3.63) is 34.9 Å². The van der Waals surface area contributed by atoms with E-state index in [1.165, 1.54) is 0 Å². The van der Waals surface area contributed by atoms with Gasteiger partial charge in [0.15, 0.2) is 0 Å². The first-order valence-corrected chi connectivity index (χ1v) is 8.40. The van der Waals surface area contributed by atoms with Crippen molar-refractivity contribution in [2.24, 2.45) is 11.3 Å². The van der Waals surface area contributed by atoms with Crippen molar-refractivity contribution in [2.45, 2.75) is 25.7 Å². The number of nitrogens with one attached hydrogen (secondary N) is 1. The number of carboxylic acids is 1. The van der Waals surface area contributed by atoms with Gasteiger partial charge in [0.25, 0.3) is 0 Å². The van der Waals surface area contributed by atoms with Crippen molar-refractivity contribution in [3.63, 3.8) is 0 Å². The smallest absolute Gasteiger partial charge is 0.317 e. The number of hydrogen-bond acceptors (Lipinski definition) is 2. The average Bonchev–Trinajstić information content (AvgIpc) is 3.07. The molecule has 0 bridgehead atoms. The highest BCUT2D eigenvalue weighted by molar-refractivity contribution is 6.30. The molecule has 2 fully saturated rings. The van der Waals surface area contributed by atoms with Crippen LogP contribution in [0, 0.1) is 11.3 Å². The maximum absolute atomic E-state index is 12.3. The predicted molar refractivity (Wildman–Crippen MR) is 87.5 cm³/mol. The summed E-state index contributed by atoms with van der Waals surface area (Å²) in [5.74, 6) is -0.654. The highest BCUT2D eigenvalue weighted by atomic mass is 35.5. The Labute approximate surface area is 140 Å². The number of halogens is 1. The van der Waals surface area contributed by atoms with Crippen LogP contribution in [0.2, 0.25) is 5.02 Å². The molecule has 1 heterocycles. The lowest BCUT2D eigenvalue weighted by molar-refractivity contribution is -0.149. The molecule has 23 heavy (non-hydrogen) atoms. The number of likely N-dealkylation sites (tertiary alicyclic amines) is 1. The summed E-state index contributed by atoms with van der Waals surface area (Å²) in [5.41, 5.74) is 0.392. The van der Waals surface area contributed by atoms with Gasteiger partial charge in [-0.15, -0.1) is 0 Å². The molecule has 2 N–H and O–H groups in total. The highest BCUT2D eigenvalue weighted by Gasteiger charge is 2.55. The molecule has 2 amide bonds. The van der Waals surface area contributed by atoms with Crippen LogP contribution in [0.4, 0.5) is 4.79 Å².